The van der Waals surface area contributed by atoms with Crippen LogP contribution in [0.3, 0.4) is 0 Å². The summed E-state index contributed by atoms with van der Waals surface area (Å²) in [6.07, 6.45) is 0. The summed E-state index contributed by atoms with van der Waals surface area (Å²) >= 11 is 0. The number of aliphatic hydroxyl groups is 1. The van der Waals surface area contributed by atoms with Crippen LogP contribution >= 0.6 is 0 Å². The average Bonchev–Trinajstić information content (AvgIpc) is 2.21. The van der Waals surface area contributed by atoms with Gasteiger partial charge in [0.15, 0.2) is 0 Å². The fourth-order valence-corrected chi connectivity index (χ4v) is 0.188. The van der Waals surface area contributed by atoms with E-state index in [4.69, 9.17) is 11.2 Å². The summed E-state index contributed by atoms with van der Waals surface area (Å²) in [5.74, 6) is 0. The molecule has 2 nitrogen and oxygen atoms in total. The first-order valence-electron chi connectivity index (χ1n) is 2.47. The number of hydrogen-bond donors (Lipinski definition) is 1. The van der Waals surface area contributed by atoms with Crippen LogP contribution in [0.15, 0.2) is 0 Å². The normalized spacial score (nSPS) is 50.7. The molecule has 2 heteroatoms. The molecule has 0 aromatic rings. The zero-order valence-corrected chi connectivity index (χ0v) is 3.64. The summed E-state index contributed by atoms with van der Waals surface area (Å²) in [5, 5.41) is 8.49. The molecule has 1 fully saturated rings. The fourth-order valence-electron chi connectivity index (χ4n) is 0.188. The molecule has 36 valence electrons. The Kier molecular flexibility index (Phi) is 0.474. The minimum atomic E-state index is -1.06. The summed E-state index contributed by atoms with van der Waals surface area (Å²) in [7, 11) is 0. The van der Waals surface area contributed by atoms with Gasteiger partial charge in [-0.2, -0.15) is 0 Å². The largest absolute Gasteiger partial charge is 0.393 e. The van der Waals surface area contributed by atoms with Gasteiger partial charge in [-0.15, -0.1) is 0 Å². The third-order valence-electron chi connectivity index (χ3n) is 0.873. The van der Waals surface area contributed by atoms with Crippen LogP contribution in [0.1, 0.15) is 8.29 Å². The van der Waals surface area contributed by atoms with Gasteiger partial charge in [0.1, 0.15) is 5.60 Å². The van der Waals surface area contributed by atoms with Crippen molar-refractivity contribution in [2.24, 2.45) is 0 Å². The Balaban J connectivity index is 2.39. The van der Waals surface area contributed by atoms with Crippen molar-refractivity contribution in [1.82, 2.24) is 0 Å². The molecule has 0 aromatic carbocycles. The van der Waals surface area contributed by atoms with Crippen molar-refractivity contribution < 1.29 is 11.2 Å². The van der Waals surface area contributed by atoms with Crippen LogP contribution in [0.25, 0.3) is 0 Å². The summed E-state index contributed by atoms with van der Waals surface area (Å²) in [6.45, 7) is 1.18. The lowest BCUT2D eigenvalue weighted by Crippen LogP contribution is -2.09. The van der Waals surface area contributed by atoms with E-state index in [2.05, 4.69) is 0 Å². The molecule has 0 aromatic heterocycles. The van der Waals surface area contributed by atoms with Gasteiger partial charge in [-0.1, -0.05) is 0 Å². The molecule has 1 aliphatic heterocycles. The van der Waals surface area contributed by atoms with E-state index in [9.17, 15) is 0 Å². The van der Waals surface area contributed by atoms with E-state index in [1.165, 1.54) is 0 Å². The molecule has 0 bridgehead atoms. The molecule has 1 saturated heterocycles. The van der Waals surface area contributed by atoms with Gasteiger partial charge in [-0.05, 0) is 6.92 Å². The van der Waals surface area contributed by atoms with Gasteiger partial charge in [0, 0.05) is 0 Å². The van der Waals surface area contributed by atoms with Crippen LogP contribution in [0.4, 0.5) is 0 Å². The van der Waals surface area contributed by atoms with E-state index in [0.29, 0.717) is 6.61 Å². The van der Waals surface area contributed by atoms with E-state index in [0.717, 1.165) is 0 Å². The van der Waals surface area contributed by atoms with Crippen molar-refractivity contribution in [3.8, 4) is 0 Å². The highest BCUT2D eigenvalue weighted by molar-refractivity contribution is 4.85. The quantitative estimate of drug-likeness (QED) is 0.450. The van der Waals surface area contributed by atoms with Crippen molar-refractivity contribution in [1.29, 1.82) is 0 Å². The highest BCUT2D eigenvalue weighted by Crippen LogP contribution is 2.23. The number of aliphatic hydroxyl groups excluding tert-OH is 1. The second-order valence-corrected chi connectivity index (χ2v) is 1.73. The standard InChI is InChI=1S/C4H8O2/c1-4(2-5)3-6-4/h5H,2-3H2,1H3/i2D. The summed E-state index contributed by atoms with van der Waals surface area (Å²) in [4.78, 5) is 0. The van der Waals surface area contributed by atoms with Gasteiger partial charge in [0.25, 0.3) is 0 Å². The van der Waals surface area contributed by atoms with E-state index in [1.54, 1.807) is 6.92 Å². The topological polar surface area (TPSA) is 32.8 Å². The molecule has 0 amide bonds. The van der Waals surface area contributed by atoms with Crippen molar-refractivity contribution in [2.75, 3.05) is 13.2 Å². The summed E-state index contributed by atoms with van der Waals surface area (Å²) in [5.41, 5.74) is -0.528. The van der Waals surface area contributed by atoms with E-state index in [-0.39, 0.29) is 0 Å². The third kappa shape index (κ3) is 0.533. The molecule has 1 heterocycles. The van der Waals surface area contributed by atoms with Crippen LogP contribution < -0.4 is 0 Å². The van der Waals surface area contributed by atoms with Crippen molar-refractivity contribution in [3.05, 3.63) is 0 Å². The zero-order chi connectivity index (χ0) is 5.49. The monoisotopic (exact) mass is 89.1 g/mol. The minimum Gasteiger partial charge on any atom is -0.393 e. The molecule has 0 radical (unpaired) electrons. The van der Waals surface area contributed by atoms with Crippen LogP contribution in [0.2, 0.25) is 0 Å². The number of ether oxygens (including phenoxy) is 1. The second kappa shape index (κ2) is 0.950. The highest BCUT2D eigenvalue weighted by Gasteiger charge is 2.38. The maximum atomic E-state index is 8.49. The van der Waals surface area contributed by atoms with Crippen molar-refractivity contribution in [2.45, 2.75) is 12.5 Å². The lowest BCUT2D eigenvalue weighted by molar-refractivity contribution is 0.185. The maximum absolute atomic E-state index is 8.49. The van der Waals surface area contributed by atoms with E-state index in [1.807, 2.05) is 0 Å². The van der Waals surface area contributed by atoms with Gasteiger partial charge in [0.2, 0.25) is 0 Å². The van der Waals surface area contributed by atoms with Crippen LogP contribution in [-0.2, 0) is 4.74 Å². The number of epoxide rings is 1. The molecule has 2 atom stereocenters. The van der Waals surface area contributed by atoms with Gasteiger partial charge >= 0.3 is 0 Å². The Bertz CT molecular complexity index is 77.8. The Labute approximate surface area is 38.1 Å². The summed E-state index contributed by atoms with van der Waals surface area (Å²) < 4.78 is 11.4. The second-order valence-electron chi connectivity index (χ2n) is 1.73. The molecule has 1 N–H and O–H groups in total. The third-order valence-corrected chi connectivity index (χ3v) is 0.873. The molecule has 1 aliphatic rings. The SMILES string of the molecule is [2H]C(O)C1(C)CO1. The predicted molar refractivity (Wildman–Crippen MR) is 21.4 cm³/mol. The van der Waals surface area contributed by atoms with E-state index >= 15 is 0 Å². The first kappa shape index (κ1) is 2.99. The molecule has 1 rings (SSSR count). The number of rotatable bonds is 1. The van der Waals surface area contributed by atoms with Crippen molar-refractivity contribution >= 4 is 0 Å². The number of hydrogen-bond acceptors (Lipinski definition) is 2. The molecular weight excluding hydrogens is 80.0 g/mol. The highest BCUT2D eigenvalue weighted by atomic mass is 16.6. The zero-order valence-electron chi connectivity index (χ0n) is 4.64. The minimum absolute atomic E-state index is 0.525. The van der Waals surface area contributed by atoms with Crippen molar-refractivity contribution in [3.63, 3.8) is 0 Å². The molecule has 6 heavy (non-hydrogen) atoms. The first-order valence-corrected chi connectivity index (χ1v) is 1.89. The lowest BCUT2D eigenvalue weighted by Gasteiger charge is -1.91. The summed E-state index contributed by atoms with van der Waals surface area (Å²) in [6, 6.07) is 0. The molecular formula is C4H8O2. The van der Waals surface area contributed by atoms with Gasteiger partial charge in [0.05, 0.1) is 14.6 Å². The Morgan fingerprint density at radius 1 is 2.33 bits per heavy atom. The van der Waals surface area contributed by atoms with Gasteiger partial charge in [-0.25, -0.2) is 0 Å². The molecule has 0 spiro atoms. The predicted octanol–water partition coefficient (Wildman–Crippen LogP) is -0.232. The molecule has 2 unspecified atom stereocenters. The fraction of sp³-hybridized carbons (Fsp3) is 1.00. The molecule has 0 aliphatic carbocycles. The Morgan fingerprint density at radius 2 is 2.83 bits per heavy atom. The average molecular weight is 89.1 g/mol. The van der Waals surface area contributed by atoms with Gasteiger partial charge < -0.3 is 9.84 Å². The smallest absolute Gasteiger partial charge is 0.112 e. The van der Waals surface area contributed by atoms with E-state index < -0.39 is 12.2 Å². The first-order chi connectivity index (χ1) is 3.15. The van der Waals surface area contributed by atoms with Crippen LogP contribution in [-0.4, -0.2) is 23.9 Å². The Hall–Kier alpha value is -0.0800. The molecule has 0 saturated carbocycles. The van der Waals surface area contributed by atoms with Gasteiger partial charge in [-0.3, -0.25) is 0 Å². The van der Waals surface area contributed by atoms with Crippen LogP contribution in [0.5, 0.6) is 0 Å². The lowest BCUT2D eigenvalue weighted by atomic mass is 10.2. The maximum Gasteiger partial charge on any atom is 0.112 e. The Morgan fingerprint density at radius 3 is 2.83 bits per heavy atom. The van der Waals surface area contributed by atoms with Crippen LogP contribution in [0, 0.1) is 0 Å².